The maximum atomic E-state index is 3.74. The first-order chi connectivity index (χ1) is 13.6. The van der Waals surface area contributed by atoms with Gasteiger partial charge in [0.25, 0.3) is 0 Å². The first-order valence-corrected chi connectivity index (χ1v) is 10.5. The predicted octanol–water partition coefficient (Wildman–Crippen LogP) is 7.41. The molecule has 0 bridgehead atoms. The summed E-state index contributed by atoms with van der Waals surface area (Å²) in [6, 6.07) is 29.7. The molecular weight excluding hydrogens is 404 g/mol. The average molecular weight is 423 g/mol. The van der Waals surface area contributed by atoms with Crippen molar-refractivity contribution in [2.75, 3.05) is 0 Å². The fraction of sp³-hybridized carbons (Fsp3) is 0.111. The van der Waals surface area contributed by atoms with Crippen LogP contribution in [-0.2, 0) is 5.41 Å². The Balaban J connectivity index is 1.86. The van der Waals surface area contributed by atoms with Crippen LogP contribution in [0.2, 0.25) is 0 Å². The van der Waals surface area contributed by atoms with Crippen LogP contribution in [0.5, 0.6) is 0 Å². The van der Waals surface area contributed by atoms with Crippen LogP contribution in [0.1, 0.15) is 33.4 Å². The first kappa shape index (κ1) is 16.3. The van der Waals surface area contributed by atoms with E-state index in [0.29, 0.717) is 0 Å². The minimum atomic E-state index is -0.234. The standard InChI is InChI=1S/C27H19Br/c1-16-7-11-24-21(13-16)22-14-17(2)8-12-25(22)27(24)23-6-4-3-5-19(23)20-10-9-18(28)15-26(20)27/h3-15H,1-2H3. The smallest absolute Gasteiger partial charge is 0.0619 e. The molecule has 6 rings (SSSR count). The van der Waals surface area contributed by atoms with Crippen LogP contribution in [0.15, 0.2) is 83.3 Å². The van der Waals surface area contributed by atoms with Gasteiger partial charge in [-0.15, -0.1) is 0 Å². The highest BCUT2D eigenvalue weighted by molar-refractivity contribution is 9.10. The molecule has 0 radical (unpaired) electrons. The van der Waals surface area contributed by atoms with Crippen molar-refractivity contribution in [3.63, 3.8) is 0 Å². The third-order valence-corrected chi connectivity index (χ3v) is 6.95. The van der Waals surface area contributed by atoms with E-state index in [-0.39, 0.29) is 5.41 Å². The molecule has 0 aliphatic heterocycles. The highest BCUT2D eigenvalue weighted by Crippen LogP contribution is 2.63. The Morgan fingerprint density at radius 1 is 0.536 bits per heavy atom. The molecular formula is C27H19Br. The molecule has 2 aliphatic carbocycles. The molecule has 0 nitrogen and oxygen atoms in total. The van der Waals surface area contributed by atoms with Crippen LogP contribution >= 0.6 is 15.9 Å². The van der Waals surface area contributed by atoms with E-state index in [1.807, 2.05) is 0 Å². The van der Waals surface area contributed by atoms with Gasteiger partial charge in [0.15, 0.2) is 0 Å². The summed E-state index contributed by atoms with van der Waals surface area (Å²) in [7, 11) is 0. The molecule has 0 saturated heterocycles. The molecule has 0 fully saturated rings. The fourth-order valence-electron chi connectivity index (χ4n) is 5.39. The summed E-state index contributed by atoms with van der Waals surface area (Å²) in [5.41, 5.74) is 13.4. The highest BCUT2D eigenvalue weighted by Gasteiger charge is 2.51. The molecule has 134 valence electrons. The van der Waals surface area contributed by atoms with E-state index in [2.05, 4.69) is 109 Å². The minimum absolute atomic E-state index is 0.234. The molecule has 0 amide bonds. The predicted molar refractivity (Wildman–Crippen MR) is 120 cm³/mol. The Kier molecular flexibility index (Phi) is 3.18. The third-order valence-electron chi connectivity index (χ3n) is 6.46. The lowest BCUT2D eigenvalue weighted by Gasteiger charge is -2.30. The fourth-order valence-corrected chi connectivity index (χ4v) is 5.75. The van der Waals surface area contributed by atoms with Crippen molar-refractivity contribution in [1.29, 1.82) is 0 Å². The van der Waals surface area contributed by atoms with E-state index >= 15 is 0 Å². The van der Waals surface area contributed by atoms with Crippen LogP contribution in [0.4, 0.5) is 0 Å². The van der Waals surface area contributed by atoms with Gasteiger partial charge in [0.2, 0.25) is 0 Å². The Bertz CT molecular complexity index is 1240. The summed E-state index contributed by atoms with van der Waals surface area (Å²) < 4.78 is 1.13. The topological polar surface area (TPSA) is 0 Å². The van der Waals surface area contributed by atoms with Crippen LogP contribution in [0.3, 0.4) is 0 Å². The zero-order valence-electron chi connectivity index (χ0n) is 15.9. The molecule has 0 heterocycles. The van der Waals surface area contributed by atoms with Crippen LogP contribution in [0.25, 0.3) is 22.3 Å². The van der Waals surface area contributed by atoms with Gasteiger partial charge in [0.05, 0.1) is 5.41 Å². The molecule has 1 heteroatoms. The summed E-state index contributed by atoms with van der Waals surface area (Å²) in [5.74, 6) is 0. The lowest BCUT2D eigenvalue weighted by Crippen LogP contribution is -2.25. The van der Waals surface area contributed by atoms with Gasteiger partial charge in [0, 0.05) is 4.47 Å². The molecule has 4 aromatic carbocycles. The van der Waals surface area contributed by atoms with E-state index < -0.39 is 0 Å². The summed E-state index contributed by atoms with van der Waals surface area (Å²) in [6.45, 7) is 4.38. The lowest BCUT2D eigenvalue weighted by molar-refractivity contribution is 0.792. The Morgan fingerprint density at radius 3 is 1.79 bits per heavy atom. The lowest BCUT2D eigenvalue weighted by atomic mass is 9.70. The van der Waals surface area contributed by atoms with Gasteiger partial charge in [-0.05, 0) is 70.5 Å². The molecule has 28 heavy (non-hydrogen) atoms. The second kappa shape index (κ2) is 5.46. The normalized spacial score (nSPS) is 14.5. The van der Waals surface area contributed by atoms with Gasteiger partial charge in [-0.25, -0.2) is 0 Å². The van der Waals surface area contributed by atoms with E-state index in [4.69, 9.17) is 0 Å². The monoisotopic (exact) mass is 422 g/mol. The van der Waals surface area contributed by atoms with E-state index in [9.17, 15) is 0 Å². The van der Waals surface area contributed by atoms with Crippen molar-refractivity contribution in [2.45, 2.75) is 19.3 Å². The molecule has 0 unspecified atom stereocenters. The zero-order valence-corrected chi connectivity index (χ0v) is 17.5. The summed E-state index contributed by atoms with van der Waals surface area (Å²) in [4.78, 5) is 0. The quantitative estimate of drug-likeness (QED) is 0.239. The molecule has 4 aromatic rings. The van der Waals surface area contributed by atoms with E-state index in [1.165, 1.54) is 55.6 Å². The number of halogens is 1. The zero-order chi connectivity index (χ0) is 19.0. The largest absolute Gasteiger partial charge is 0.0725 e. The van der Waals surface area contributed by atoms with Crippen molar-refractivity contribution in [2.24, 2.45) is 0 Å². The van der Waals surface area contributed by atoms with E-state index in [1.54, 1.807) is 0 Å². The molecule has 1 spiro atoms. The Morgan fingerprint density at radius 2 is 1.11 bits per heavy atom. The number of aryl methyl sites for hydroxylation is 2. The van der Waals surface area contributed by atoms with Gasteiger partial charge >= 0.3 is 0 Å². The second-order valence-corrected chi connectivity index (χ2v) is 9.00. The van der Waals surface area contributed by atoms with Crippen LogP contribution in [-0.4, -0.2) is 0 Å². The minimum Gasteiger partial charge on any atom is -0.0619 e. The number of hydrogen-bond donors (Lipinski definition) is 0. The van der Waals surface area contributed by atoms with Gasteiger partial charge < -0.3 is 0 Å². The number of hydrogen-bond acceptors (Lipinski definition) is 0. The Hall–Kier alpha value is -2.64. The van der Waals surface area contributed by atoms with Crippen molar-refractivity contribution < 1.29 is 0 Å². The third kappa shape index (κ3) is 1.85. The van der Waals surface area contributed by atoms with Crippen molar-refractivity contribution in [3.05, 3.63) is 117 Å². The van der Waals surface area contributed by atoms with Crippen LogP contribution in [0, 0.1) is 13.8 Å². The van der Waals surface area contributed by atoms with Crippen molar-refractivity contribution in [1.82, 2.24) is 0 Å². The van der Waals surface area contributed by atoms with Crippen LogP contribution < -0.4 is 0 Å². The highest BCUT2D eigenvalue weighted by atomic mass is 79.9. The van der Waals surface area contributed by atoms with Gasteiger partial charge in [-0.3, -0.25) is 0 Å². The average Bonchev–Trinajstić information content (AvgIpc) is 3.13. The summed E-state index contributed by atoms with van der Waals surface area (Å²) in [5, 5.41) is 0. The Labute approximate surface area is 174 Å². The van der Waals surface area contributed by atoms with Crippen molar-refractivity contribution >= 4 is 15.9 Å². The summed E-state index contributed by atoms with van der Waals surface area (Å²) >= 11 is 3.74. The van der Waals surface area contributed by atoms with Gasteiger partial charge in [-0.1, -0.05) is 93.8 Å². The molecule has 2 aliphatic rings. The maximum Gasteiger partial charge on any atom is 0.0725 e. The molecule has 0 atom stereocenters. The molecule has 0 aromatic heterocycles. The number of fused-ring (bicyclic) bond motifs is 10. The van der Waals surface area contributed by atoms with Crippen molar-refractivity contribution in [3.8, 4) is 22.3 Å². The molecule has 0 N–H and O–H groups in total. The SMILES string of the molecule is Cc1ccc2c(c1)-c1cc(C)ccc1C21c2ccccc2-c2ccc(Br)cc21. The van der Waals surface area contributed by atoms with E-state index in [0.717, 1.165) is 4.47 Å². The second-order valence-electron chi connectivity index (χ2n) is 8.08. The van der Waals surface area contributed by atoms with Gasteiger partial charge in [0.1, 0.15) is 0 Å². The number of benzene rings is 4. The first-order valence-electron chi connectivity index (χ1n) is 9.73. The molecule has 0 saturated carbocycles. The summed E-state index contributed by atoms with van der Waals surface area (Å²) in [6.07, 6.45) is 0. The maximum absolute atomic E-state index is 3.74. The number of rotatable bonds is 0. The van der Waals surface area contributed by atoms with Gasteiger partial charge in [-0.2, -0.15) is 0 Å².